The number of likely N-dealkylation sites (tertiary alicyclic amines) is 1. The fourth-order valence-electron chi connectivity index (χ4n) is 3.97. The molecule has 2 aromatic rings. The molecule has 0 spiro atoms. The number of piperidine rings is 1. The van der Waals surface area contributed by atoms with Crippen molar-refractivity contribution in [3.63, 3.8) is 0 Å². The molecule has 2 aromatic heterocycles. The van der Waals surface area contributed by atoms with Gasteiger partial charge in [0.2, 0.25) is 0 Å². The topological polar surface area (TPSA) is 67.2 Å². The molecule has 0 aromatic carbocycles. The Kier molecular flexibility index (Phi) is 4.95. The number of carbonyl (C=O) groups excluding carboxylic acids is 1. The summed E-state index contributed by atoms with van der Waals surface area (Å²) in [6.45, 7) is 6.79. The molecule has 1 fully saturated rings. The standard InChI is InChI=1S/C20H28N6O/c1-14(2)26-13-16(11-22-26)20(27)25-8-5-4-6-18(25)19-21-10-15-12-24(3)9-7-17(15)23-19/h10-11,13-14,18H,4-9,12H2,1-3H3/t18-/m0/s1. The molecular formula is C20H28N6O. The van der Waals surface area contributed by atoms with E-state index >= 15 is 0 Å². The highest BCUT2D eigenvalue weighted by atomic mass is 16.2. The zero-order valence-electron chi connectivity index (χ0n) is 16.4. The van der Waals surface area contributed by atoms with Gasteiger partial charge in [0.25, 0.3) is 5.91 Å². The van der Waals surface area contributed by atoms with Gasteiger partial charge >= 0.3 is 0 Å². The van der Waals surface area contributed by atoms with E-state index in [0.29, 0.717) is 5.56 Å². The number of aromatic nitrogens is 4. The minimum atomic E-state index is -0.0430. The molecule has 4 heterocycles. The van der Waals surface area contributed by atoms with Crippen LogP contribution >= 0.6 is 0 Å². The third-order valence-electron chi connectivity index (χ3n) is 5.58. The Morgan fingerprint density at radius 3 is 2.85 bits per heavy atom. The molecule has 4 rings (SSSR count). The minimum absolute atomic E-state index is 0.0349. The Bertz CT molecular complexity index is 830. The normalized spacial score (nSPS) is 20.7. The Morgan fingerprint density at radius 1 is 1.22 bits per heavy atom. The monoisotopic (exact) mass is 368 g/mol. The van der Waals surface area contributed by atoms with Gasteiger partial charge in [-0.25, -0.2) is 9.97 Å². The van der Waals surface area contributed by atoms with Crippen LogP contribution < -0.4 is 0 Å². The summed E-state index contributed by atoms with van der Waals surface area (Å²) in [5.41, 5.74) is 3.00. The third kappa shape index (κ3) is 3.60. The first-order chi connectivity index (χ1) is 13.0. The summed E-state index contributed by atoms with van der Waals surface area (Å²) in [5, 5.41) is 4.33. The van der Waals surface area contributed by atoms with Gasteiger partial charge in [0, 0.05) is 55.7 Å². The van der Waals surface area contributed by atoms with Crippen molar-refractivity contribution < 1.29 is 4.79 Å². The summed E-state index contributed by atoms with van der Waals surface area (Å²) in [6, 6.07) is 0.199. The lowest BCUT2D eigenvalue weighted by atomic mass is 9.99. The number of rotatable bonds is 3. The van der Waals surface area contributed by atoms with E-state index in [0.717, 1.165) is 56.8 Å². The van der Waals surface area contributed by atoms with Crippen molar-refractivity contribution in [3.05, 3.63) is 41.2 Å². The second-order valence-corrected chi connectivity index (χ2v) is 8.00. The van der Waals surface area contributed by atoms with Crippen LogP contribution in [0.5, 0.6) is 0 Å². The zero-order chi connectivity index (χ0) is 19.0. The lowest BCUT2D eigenvalue weighted by Gasteiger charge is -2.35. The molecule has 1 amide bonds. The van der Waals surface area contributed by atoms with E-state index in [-0.39, 0.29) is 18.0 Å². The summed E-state index contributed by atoms with van der Waals surface area (Å²) in [6.07, 6.45) is 9.48. The Morgan fingerprint density at radius 2 is 2.07 bits per heavy atom. The van der Waals surface area contributed by atoms with E-state index in [1.54, 1.807) is 6.20 Å². The molecule has 0 unspecified atom stereocenters. The maximum Gasteiger partial charge on any atom is 0.257 e. The maximum atomic E-state index is 13.2. The minimum Gasteiger partial charge on any atom is -0.328 e. The number of hydrogen-bond donors (Lipinski definition) is 0. The predicted molar refractivity (Wildman–Crippen MR) is 102 cm³/mol. The van der Waals surface area contributed by atoms with E-state index in [2.05, 4.69) is 35.9 Å². The number of nitrogens with zero attached hydrogens (tertiary/aromatic N) is 6. The highest BCUT2D eigenvalue weighted by Crippen LogP contribution is 2.31. The molecule has 0 N–H and O–H groups in total. The van der Waals surface area contributed by atoms with E-state index in [1.807, 2.05) is 22.0 Å². The summed E-state index contributed by atoms with van der Waals surface area (Å²) in [5.74, 6) is 0.829. The summed E-state index contributed by atoms with van der Waals surface area (Å²) < 4.78 is 1.83. The van der Waals surface area contributed by atoms with Crippen molar-refractivity contribution in [1.29, 1.82) is 0 Å². The average Bonchev–Trinajstić information content (AvgIpc) is 3.17. The van der Waals surface area contributed by atoms with Crippen LogP contribution in [0.1, 0.15) is 72.6 Å². The van der Waals surface area contributed by atoms with Gasteiger partial charge < -0.3 is 9.80 Å². The molecule has 1 saturated heterocycles. The van der Waals surface area contributed by atoms with E-state index in [4.69, 9.17) is 4.98 Å². The van der Waals surface area contributed by atoms with Gasteiger partial charge in [-0.1, -0.05) is 0 Å². The SMILES string of the molecule is CC(C)n1cc(C(=O)N2CCCC[C@H]2c2ncc3c(n2)CCN(C)C3)cn1. The maximum absolute atomic E-state index is 13.2. The summed E-state index contributed by atoms with van der Waals surface area (Å²) in [4.78, 5) is 26.9. The third-order valence-corrected chi connectivity index (χ3v) is 5.58. The Hall–Kier alpha value is -2.28. The molecule has 27 heavy (non-hydrogen) atoms. The van der Waals surface area contributed by atoms with Gasteiger partial charge in [-0.15, -0.1) is 0 Å². The molecule has 0 radical (unpaired) electrons. The van der Waals surface area contributed by atoms with Crippen LogP contribution in [0.4, 0.5) is 0 Å². The summed E-state index contributed by atoms with van der Waals surface area (Å²) >= 11 is 0. The van der Waals surface area contributed by atoms with Crippen molar-refractivity contribution in [1.82, 2.24) is 29.5 Å². The van der Waals surface area contributed by atoms with E-state index in [9.17, 15) is 4.79 Å². The molecule has 0 saturated carbocycles. The second kappa shape index (κ2) is 7.38. The molecule has 1 atom stereocenters. The molecule has 7 heteroatoms. The fourth-order valence-corrected chi connectivity index (χ4v) is 3.97. The van der Waals surface area contributed by atoms with Crippen LogP contribution in [-0.2, 0) is 13.0 Å². The Balaban J connectivity index is 1.60. The van der Waals surface area contributed by atoms with E-state index in [1.165, 1.54) is 5.56 Å². The van der Waals surface area contributed by atoms with Crippen molar-refractivity contribution in [3.8, 4) is 0 Å². The molecule has 2 aliphatic heterocycles. The first-order valence-electron chi connectivity index (χ1n) is 9.91. The van der Waals surface area contributed by atoms with Gasteiger partial charge in [-0.05, 0) is 40.2 Å². The molecule has 2 aliphatic rings. The van der Waals surface area contributed by atoms with Crippen molar-refractivity contribution in [2.45, 2.75) is 58.2 Å². The first-order valence-corrected chi connectivity index (χ1v) is 9.91. The van der Waals surface area contributed by atoms with Crippen molar-refractivity contribution in [2.24, 2.45) is 0 Å². The molecule has 144 valence electrons. The van der Waals surface area contributed by atoms with Crippen LogP contribution in [0.2, 0.25) is 0 Å². The van der Waals surface area contributed by atoms with Crippen LogP contribution in [0.3, 0.4) is 0 Å². The molecular weight excluding hydrogens is 340 g/mol. The number of fused-ring (bicyclic) bond motifs is 1. The number of hydrogen-bond acceptors (Lipinski definition) is 5. The number of amides is 1. The zero-order valence-corrected chi connectivity index (χ0v) is 16.4. The largest absolute Gasteiger partial charge is 0.328 e. The molecule has 0 aliphatic carbocycles. The lowest BCUT2D eigenvalue weighted by Crippen LogP contribution is -2.39. The van der Waals surface area contributed by atoms with E-state index < -0.39 is 0 Å². The van der Waals surface area contributed by atoms with Crippen LogP contribution in [0.15, 0.2) is 18.6 Å². The highest BCUT2D eigenvalue weighted by molar-refractivity contribution is 5.94. The molecule has 7 nitrogen and oxygen atoms in total. The van der Waals surface area contributed by atoms with Gasteiger partial charge in [-0.3, -0.25) is 9.48 Å². The summed E-state index contributed by atoms with van der Waals surface area (Å²) in [7, 11) is 2.12. The second-order valence-electron chi connectivity index (χ2n) is 8.00. The lowest BCUT2D eigenvalue weighted by molar-refractivity contribution is 0.0599. The number of carbonyl (C=O) groups is 1. The highest BCUT2D eigenvalue weighted by Gasteiger charge is 2.32. The number of likely N-dealkylation sites (N-methyl/N-ethyl adjacent to an activating group) is 1. The first kappa shape index (κ1) is 18.1. The van der Waals surface area contributed by atoms with Crippen LogP contribution in [-0.4, -0.2) is 55.6 Å². The van der Waals surface area contributed by atoms with Gasteiger partial charge in [-0.2, -0.15) is 5.10 Å². The van der Waals surface area contributed by atoms with Crippen molar-refractivity contribution in [2.75, 3.05) is 20.1 Å². The fraction of sp³-hybridized carbons (Fsp3) is 0.600. The van der Waals surface area contributed by atoms with Gasteiger partial charge in [0.05, 0.1) is 17.8 Å². The Labute approximate surface area is 160 Å². The van der Waals surface area contributed by atoms with Crippen LogP contribution in [0.25, 0.3) is 0 Å². The van der Waals surface area contributed by atoms with Gasteiger partial charge in [0.15, 0.2) is 5.82 Å². The molecule has 0 bridgehead atoms. The van der Waals surface area contributed by atoms with Crippen molar-refractivity contribution >= 4 is 5.91 Å². The van der Waals surface area contributed by atoms with Gasteiger partial charge in [0.1, 0.15) is 0 Å². The predicted octanol–water partition coefficient (Wildman–Crippen LogP) is 2.61. The average molecular weight is 368 g/mol. The smallest absolute Gasteiger partial charge is 0.257 e. The quantitative estimate of drug-likeness (QED) is 0.833. The van der Waals surface area contributed by atoms with Crippen LogP contribution in [0, 0.1) is 0 Å².